The van der Waals surface area contributed by atoms with E-state index in [1.807, 2.05) is 0 Å². The van der Waals surface area contributed by atoms with Crippen LogP contribution in [0, 0.1) is 5.41 Å². The molecule has 0 unspecified atom stereocenters. The Morgan fingerprint density at radius 2 is 1.94 bits per heavy atom. The van der Waals surface area contributed by atoms with Crippen molar-refractivity contribution in [2.45, 2.75) is 51.0 Å². The van der Waals surface area contributed by atoms with E-state index >= 15 is 0 Å². The standard InChI is InChI=1S/C13H21NO3S/c15-11(14-10-3-1-2-4-10)8-18-9-13(5-6-13)7-12(16)17/h10H,1-9H2,(H,14,15)(H,16,17). The van der Waals surface area contributed by atoms with Crippen LogP contribution in [-0.2, 0) is 9.59 Å². The number of aliphatic carboxylic acids is 1. The molecule has 5 heteroatoms. The minimum absolute atomic E-state index is 0.00978. The molecule has 2 saturated carbocycles. The zero-order valence-corrected chi connectivity index (χ0v) is 11.4. The van der Waals surface area contributed by atoms with Gasteiger partial charge in [0.25, 0.3) is 0 Å². The highest BCUT2D eigenvalue weighted by Crippen LogP contribution is 2.50. The fraction of sp³-hybridized carbons (Fsp3) is 0.846. The van der Waals surface area contributed by atoms with E-state index in [9.17, 15) is 9.59 Å². The lowest BCUT2D eigenvalue weighted by atomic mass is 10.1. The lowest BCUT2D eigenvalue weighted by Crippen LogP contribution is -2.34. The molecule has 0 saturated heterocycles. The zero-order valence-electron chi connectivity index (χ0n) is 10.6. The first-order valence-corrected chi connectivity index (χ1v) is 7.84. The molecule has 2 rings (SSSR count). The van der Waals surface area contributed by atoms with Crippen molar-refractivity contribution in [2.24, 2.45) is 5.41 Å². The predicted octanol–water partition coefficient (Wildman–Crippen LogP) is 2.03. The van der Waals surface area contributed by atoms with Gasteiger partial charge in [-0.25, -0.2) is 0 Å². The molecule has 102 valence electrons. The number of carboxylic acid groups (broad SMARTS) is 1. The Bertz CT molecular complexity index is 322. The molecule has 2 N–H and O–H groups in total. The molecule has 4 nitrogen and oxygen atoms in total. The van der Waals surface area contributed by atoms with Gasteiger partial charge in [-0.3, -0.25) is 9.59 Å². The summed E-state index contributed by atoms with van der Waals surface area (Å²) in [7, 11) is 0. The maximum atomic E-state index is 11.7. The maximum absolute atomic E-state index is 11.7. The minimum atomic E-state index is -0.719. The normalized spacial score (nSPS) is 21.8. The monoisotopic (exact) mass is 271 g/mol. The molecule has 0 aliphatic heterocycles. The molecule has 0 radical (unpaired) electrons. The van der Waals surface area contributed by atoms with E-state index in [1.54, 1.807) is 11.8 Å². The van der Waals surface area contributed by atoms with Gasteiger partial charge in [0.2, 0.25) is 5.91 Å². The highest BCUT2D eigenvalue weighted by atomic mass is 32.2. The SMILES string of the molecule is O=C(O)CC1(CSCC(=O)NC2CCCC2)CC1. The van der Waals surface area contributed by atoms with E-state index in [0.29, 0.717) is 11.8 Å². The Kier molecular flexibility index (Phi) is 4.54. The number of amides is 1. The molecule has 1 amide bonds. The number of hydrogen-bond donors (Lipinski definition) is 2. The Morgan fingerprint density at radius 1 is 1.28 bits per heavy atom. The van der Waals surface area contributed by atoms with Crippen LogP contribution in [0.1, 0.15) is 44.9 Å². The third-order valence-electron chi connectivity index (χ3n) is 3.85. The van der Waals surface area contributed by atoms with Crippen molar-refractivity contribution >= 4 is 23.6 Å². The summed E-state index contributed by atoms with van der Waals surface area (Å²) < 4.78 is 0. The van der Waals surface area contributed by atoms with Gasteiger partial charge in [0.1, 0.15) is 0 Å². The molecular formula is C13H21NO3S. The van der Waals surface area contributed by atoms with Crippen LogP contribution in [-0.4, -0.2) is 34.5 Å². The van der Waals surface area contributed by atoms with Crippen LogP contribution in [0.3, 0.4) is 0 Å². The van der Waals surface area contributed by atoms with Crippen molar-refractivity contribution < 1.29 is 14.7 Å². The second-order valence-corrected chi connectivity index (χ2v) is 6.60. The molecule has 0 atom stereocenters. The van der Waals surface area contributed by atoms with E-state index in [-0.39, 0.29) is 17.7 Å². The number of carbonyl (C=O) groups is 2. The van der Waals surface area contributed by atoms with Gasteiger partial charge < -0.3 is 10.4 Å². The lowest BCUT2D eigenvalue weighted by molar-refractivity contribution is -0.138. The highest BCUT2D eigenvalue weighted by Gasteiger charge is 2.44. The van der Waals surface area contributed by atoms with Crippen molar-refractivity contribution in [3.63, 3.8) is 0 Å². The summed E-state index contributed by atoms with van der Waals surface area (Å²) in [5, 5.41) is 11.8. The second kappa shape index (κ2) is 5.95. The number of rotatable bonds is 7. The smallest absolute Gasteiger partial charge is 0.303 e. The van der Waals surface area contributed by atoms with Crippen molar-refractivity contribution in [2.75, 3.05) is 11.5 Å². The summed E-state index contributed by atoms with van der Waals surface area (Å²) in [4.78, 5) is 22.4. The van der Waals surface area contributed by atoms with Crippen LogP contribution in [0.5, 0.6) is 0 Å². The van der Waals surface area contributed by atoms with Gasteiger partial charge in [0, 0.05) is 6.04 Å². The van der Waals surface area contributed by atoms with Gasteiger partial charge >= 0.3 is 5.97 Å². The average molecular weight is 271 g/mol. The molecule has 0 aromatic carbocycles. The van der Waals surface area contributed by atoms with Crippen LogP contribution in [0.4, 0.5) is 0 Å². The summed E-state index contributed by atoms with van der Waals surface area (Å²) in [6.45, 7) is 0. The summed E-state index contributed by atoms with van der Waals surface area (Å²) in [6.07, 6.45) is 6.91. The van der Waals surface area contributed by atoms with Crippen molar-refractivity contribution in [1.29, 1.82) is 0 Å². The molecular weight excluding hydrogens is 250 g/mol. The summed E-state index contributed by atoms with van der Waals surface area (Å²) in [5.74, 6) is 0.663. The third kappa shape index (κ3) is 4.19. The molecule has 2 fully saturated rings. The Hall–Kier alpha value is -0.710. The Balaban J connectivity index is 1.60. The minimum Gasteiger partial charge on any atom is -0.481 e. The Labute approximate surface area is 112 Å². The molecule has 2 aliphatic rings. The first kappa shape index (κ1) is 13.7. The predicted molar refractivity (Wildman–Crippen MR) is 71.6 cm³/mol. The number of hydrogen-bond acceptors (Lipinski definition) is 3. The van der Waals surface area contributed by atoms with Gasteiger partial charge in [-0.2, -0.15) is 11.8 Å². The molecule has 2 aliphatic carbocycles. The fourth-order valence-electron chi connectivity index (χ4n) is 2.57. The van der Waals surface area contributed by atoms with Gasteiger partial charge in [-0.1, -0.05) is 12.8 Å². The largest absolute Gasteiger partial charge is 0.481 e. The first-order chi connectivity index (χ1) is 8.60. The van der Waals surface area contributed by atoms with Gasteiger partial charge in [-0.05, 0) is 36.9 Å². The van der Waals surface area contributed by atoms with E-state index < -0.39 is 5.97 Å². The molecule has 0 aromatic heterocycles. The van der Waals surface area contributed by atoms with E-state index in [2.05, 4.69) is 5.32 Å². The topological polar surface area (TPSA) is 66.4 Å². The molecule has 18 heavy (non-hydrogen) atoms. The Morgan fingerprint density at radius 3 is 2.50 bits per heavy atom. The van der Waals surface area contributed by atoms with Crippen molar-refractivity contribution in [3.8, 4) is 0 Å². The van der Waals surface area contributed by atoms with Crippen molar-refractivity contribution in [3.05, 3.63) is 0 Å². The second-order valence-electron chi connectivity index (χ2n) is 5.61. The zero-order chi connectivity index (χ0) is 13.0. The van der Waals surface area contributed by atoms with Gasteiger partial charge in [0.05, 0.1) is 12.2 Å². The van der Waals surface area contributed by atoms with Crippen LogP contribution < -0.4 is 5.32 Å². The van der Waals surface area contributed by atoms with Crippen LogP contribution in [0.25, 0.3) is 0 Å². The number of nitrogens with one attached hydrogen (secondary N) is 1. The fourth-order valence-corrected chi connectivity index (χ4v) is 3.76. The lowest BCUT2D eigenvalue weighted by Gasteiger charge is -2.14. The summed E-state index contributed by atoms with van der Waals surface area (Å²) in [6, 6.07) is 0.381. The summed E-state index contributed by atoms with van der Waals surface area (Å²) in [5.41, 5.74) is -0.00978. The van der Waals surface area contributed by atoms with E-state index in [4.69, 9.17) is 5.11 Å². The molecule has 0 aromatic rings. The van der Waals surface area contributed by atoms with Crippen LogP contribution in [0.2, 0.25) is 0 Å². The van der Waals surface area contributed by atoms with Gasteiger partial charge in [0.15, 0.2) is 0 Å². The maximum Gasteiger partial charge on any atom is 0.303 e. The number of carbonyl (C=O) groups excluding carboxylic acids is 1. The van der Waals surface area contributed by atoms with E-state index in [1.165, 1.54) is 12.8 Å². The molecule has 0 heterocycles. The molecule has 0 bridgehead atoms. The van der Waals surface area contributed by atoms with Crippen molar-refractivity contribution in [1.82, 2.24) is 5.32 Å². The van der Waals surface area contributed by atoms with E-state index in [0.717, 1.165) is 31.4 Å². The quantitative estimate of drug-likeness (QED) is 0.743. The summed E-state index contributed by atoms with van der Waals surface area (Å²) >= 11 is 1.58. The third-order valence-corrected chi connectivity index (χ3v) is 5.13. The number of carboxylic acids is 1. The average Bonchev–Trinajstić information content (AvgIpc) is 2.85. The van der Waals surface area contributed by atoms with Crippen LogP contribution in [0.15, 0.2) is 0 Å². The highest BCUT2D eigenvalue weighted by molar-refractivity contribution is 7.99. The van der Waals surface area contributed by atoms with Gasteiger partial charge in [-0.15, -0.1) is 0 Å². The molecule has 0 spiro atoms. The first-order valence-electron chi connectivity index (χ1n) is 6.69. The number of thioether (sulfide) groups is 1. The van der Waals surface area contributed by atoms with Crippen LogP contribution >= 0.6 is 11.8 Å².